The van der Waals surface area contributed by atoms with Gasteiger partial charge in [0.1, 0.15) is 10.0 Å². The molecule has 1 aromatic heterocycles. The van der Waals surface area contributed by atoms with E-state index in [0.29, 0.717) is 15.2 Å². The van der Waals surface area contributed by atoms with E-state index in [9.17, 15) is 14.9 Å². The van der Waals surface area contributed by atoms with Crippen LogP contribution in [0.5, 0.6) is 0 Å². The Labute approximate surface area is 132 Å². The van der Waals surface area contributed by atoms with Crippen molar-refractivity contribution in [3.8, 4) is 10.6 Å². The fraction of sp³-hybridized carbons (Fsp3) is 0. The second-order valence-corrected chi connectivity index (χ2v) is 5.87. The minimum Gasteiger partial charge on any atom is -0.478 e. The van der Waals surface area contributed by atoms with Gasteiger partial charge in [0.05, 0.1) is 20.7 Å². The first kappa shape index (κ1) is 14.4. The van der Waals surface area contributed by atoms with E-state index in [1.807, 2.05) is 0 Å². The molecule has 0 bridgehead atoms. The number of hydrogen-bond acceptors (Lipinski definition) is 5. The number of fused-ring (bicyclic) bond motifs is 1. The molecular weight excluding hydrogens is 328 g/mol. The molecule has 3 rings (SSSR count). The molecule has 0 amide bonds. The minimum absolute atomic E-state index is 0.0376. The SMILES string of the molecule is O=C(O)c1ccc(-c2nc3cc(Cl)c([N+](=O)[O-])cc3s2)cc1. The lowest BCUT2D eigenvalue weighted by molar-refractivity contribution is -0.384. The van der Waals surface area contributed by atoms with Crippen LogP contribution in [0.1, 0.15) is 10.4 Å². The van der Waals surface area contributed by atoms with Crippen molar-refractivity contribution in [2.75, 3.05) is 0 Å². The van der Waals surface area contributed by atoms with Gasteiger partial charge in [0, 0.05) is 11.6 Å². The lowest BCUT2D eigenvalue weighted by Crippen LogP contribution is -1.94. The topological polar surface area (TPSA) is 93.3 Å². The molecule has 22 heavy (non-hydrogen) atoms. The number of aromatic nitrogens is 1. The van der Waals surface area contributed by atoms with E-state index in [1.165, 1.54) is 35.6 Å². The van der Waals surface area contributed by atoms with Crippen molar-refractivity contribution >= 4 is 44.8 Å². The highest BCUT2D eigenvalue weighted by molar-refractivity contribution is 7.21. The molecule has 1 heterocycles. The maximum atomic E-state index is 10.9. The normalized spacial score (nSPS) is 10.8. The highest BCUT2D eigenvalue weighted by Gasteiger charge is 2.16. The molecule has 6 nitrogen and oxygen atoms in total. The van der Waals surface area contributed by atoms with Crippen LogP contribution < -0.4 is 0 Å². The molecule has 0 saturated carbocycles. The zero-order valence-corrected chi connectivity index (χ0v) is 12.4. The van der Waals surface area contributed by atoms with Crippen molar-refractivity contribution in [1.29, 1.82) is 0 Å². The number of nitro benzene ring substituents is 1. The van der Waals surface area contributed by atoms with Gasteiger partial charge in [-0.1, -0.05) is 23.7 Å². The van der Waals surface area contributed by atoms with Crippen LogP contribution in [0.2, 0.25) is 5.02 Å². The van der Waals surface area contributed by atoms with E-state index in [-0.39, 0.29) is 16.3 Å². The molecule has 3 aromatic rings. The van der Waals surface area contributed by atoms with Crippen LogP contribution in [0.3, 0.4) is 0 Å². The lowest BCUT2D eigenvalue weighted by atomic mass is 10.1. The van der Waals surface area contributed by atoms with Crippen LogP contribution in [-0.2, 0) is 0 Å². The van der Waals surface area contributed by atoms with E-state index in [0.717, 1.165) is 5.56 Å². The summed E-state index contributed by atoms with van der Waals surface area (Å²) >= 11 is 7.15. The Hall–Kier alpha value is -2.51. The van der Waals surface area contributed by atoms with Gasteiger partial charge in [0.15, 0.2) is 0 Å². The van der Waals surface area contributed by atoms with Crippen molar-refractivity contribution in [3.05, 3.63) is 57.1 Å². The zero-order chi connectivity index (χ0) is 15.9. The fourth-order valence-corrected chi connectivity index (χ4v) is 3.17. The van der Waals surface area contributed by atoms with E-state index in [2.05, 4.69) is 4.98 Å². The Kier molecular flexibility index (Phi) is 3.51. The standard InChI is InChI=1S/C14H7ClN2O4S/c15-9-5-10-12(6-11(9)17(20)21)22-13(16-10)7-1-3-8(4-2-7)14(18)19/h1-6H,(H,18,19). The molecule has 0 saturated heterocycles. The van der Waals surface area contributed by atoms with E-state index in [4.69, 9.17) is 16.7 Å². The van der Waals surface area contributed by atoms with Gasteiger partial charge in [-0.3, -0.25) is 10.1 Å². The molecule has 0 aliphatic rings. The molecule has 0 aliphatic carbocycles. The summed E-state index contributed by atoms with van der Waals surface area (Å²) in [5, 5.41) is 20.5. The maximum Gasteiger partial charge on any atom is 0.335 e. The molecule has 2 aromatic carbocycles. The predicted octanol–water partition coefficient (Wildman–Crippen LogP) is 4.22. The molecule has 0 aliphatic heterocycles. The van der Waals surface area contributed by atoms with Crippen molar-refractivity contribution in [3.63, 3.8) is 0 Å². The molecule has 0 radical (unpaired) electrons. The summed E-state index contributed by atoms with van der Waals surface area (Å²) in [6.45, 7) is 0. The molecule has 0 spiro atoms. The number of nitrogens with zero attached hydrogens (tertiary/aromatic N) is 2. The molecule has 0 unspecified atom stereocenters. The Bertz CT molecular complexity index is 905. The van der Waals surface area contributed by atoms with E-state index in [1.54, 1.807) is 12.1 Å². The number of thiazole rings is 1. The van der Waals surface area contributed by atoms with Gasteiger partial charge < -0.3 is 5.11 Å². The van der Waals surface area contributed by atoms with Gasteiger partial charge in [0.25, 0.3) is 5.69 Å². The van der Waals surface area contributed by atoms with Gasteiger partial charge in [0.2, 0.25) is 0 Å². The molecule has 110 valence electrons. The Morgan fingerprint density at radius 2 is 1.95 bits per heavy atom. The second-order valence-electron chi connectivity index (χ2n) is 4.43. The quantitative estimate of drug-likeness (QED) is 0.571. The van der Waals surface area contributed by atoms with Crippen molar-refractivity contribution in [1.82, 2.24) is 4.98 Å². The van der Waals surface area contributed by atoms with Crippen LogP contribution in [0.15, 0.2) is 36.4 Å². The van der Waals surface area contributed by atoms with Gasteiger partial charge >= 0.3 is 5.97 Å². The zero-order valence-electron chi connectivity index (χ0n) is 10.8. The summed E-state index contributed by atoms with van der Waals surface area (Å²) in [4.78, 5) is 25.6. The summed E-state index contributed by atoms with van der Waals surface area (Å²) < 4.78 is 0.647. The second kappa shape index (κ2) is 5.36. The largest absolute Gasteiger partial charge is 0.478 e. The van der Waals surface area contributed by atoms with Gasteiger partial charge in [-0.05, 0) is 18.2 Å². The van der Waals surface area contributed by atoms with Crippen molar-refractivity contribution in [2.24, 2.45) is 0 Å². The van der Waals surface area contributed by atoms with Crippen LogP contribution in [0, 0.1) is 10.1 Å². The molecule has 1 N–H and O–H groups in total. The first-order valence-corrected chi connectivity index (χ1v) is 7.23. The number of carboxylic acids is 1. The number of halogens is 1. The number of hydrogen-bond donors (Lipinski definition) is 1. The Balaban J connectivity index is 2.08. The highest BCUT2D eigenvalue weighted by Crippen LogP contribution is 2.36. The number of nitro groups is 1. The molecular formula is C14H7ClN2O4S. The molecule has 8 heteroatoms. The van der Waals surface area contributed by atoms with Crippen LogP contribution in [0.25, 0.3) is 20.8 Å². The lowest BCUT2D eigenvalue weighted by Gasteiger charge is -1.97. The Morgan fingerprint density at radius 3 is 2.55 bits per heavy atom. The average Bonchev–Trinajstić information content (AvgIpc) is 2.89. The summed E-state index contributed by atoms with van der Waals surface area (Å²) in [7, 11) is 0. The number of benzene rings is 2. The maximum absolute atomic E-state index is 10.9. The average molecular weight is 335 g/mol. The fourth-order valence-electron chi connectivity index (χ4n) is 1.96. The highest BCUT2D eigenvalue weighted by atomic mass is 35.5. The Morgan fingerprint density at radius 1 is 1.27 bits per heavy atom. The predicted molar refractivity (Wildman–Crippen MR) is 83.7 cm³/mol. The number of carboxylic acid groups (broad SMARTS) is 1. The van der Waals surface area contributed by atoms with Gasteiger partial charge in [-0.15, -0.1) is 11.3 Å². The molecule has 0 atom stereocenters. The number of rotatable bonds is 3. The molecule has 0 fully saturated rings. The first-order chi connectivity index (χ1) is 10.5. The summed E-state index contributed by atoms with van der Waals surface area (Å²) in [5.41, 5.74) is 1.33. The summed E-state index contributed by atoms with van der Waals surface area (Å²) in [6.07, 6.45) is 0. The van der Waals surface area contributed by atoms with Crippen molar-refractivity contribution < 1.29 is 14.8 Å². The van der Waals surface area contributed by atoms with Gasteiger partial charge in [-0.25, -0.2) is 9.78 Å². The monoisotopic (exact) mass is 334 g/mol. The number of aromatic carboxylic acids is 1. The van der Waals surface area contributed by atoms with Crippen LogP contribution in [0.4, 0.5) is 5.69 Å². The van der Waals surface area contributed by atoms with Crippen LogP contribution in [-0.4, -0.2) is 21.0 Å². The van der Waals surface area contributed by atoms with Gasteiger partial charge in [-0.2, -0.15) is 0 Å². The summed E-state index contributed by atoms with van der Waals surface area (Å²) in [5.74, 6) is -1.00. The van der Waals surface area contributed by atoms with Crippen molar-refractivity contribution in [2.45, 2.75) is 0 Å². The van der Waals surface area contributed by atoms with E-state index < -0.39 is 10.9 Å². The smallest absolute Gasteiger partial charge is 0.335 e. The van der Waals surface area contributed by atoms with E-state index >= 15 is 0 Å². The third kappa shape index (κ3) is 2.51. The first-order valence-electron chi connectivity index (χ1n) is 6.04. The van der Waals surface area contributed by atoms with Crippen LogP contribution >= 0.6 is 22.9 Å². The third-order valence-corrected chi connectivity index (χ3v) is 4.40. The minimum atomic E-state index is -1.00. The third-order valence-electron chi connectivity index (χ3n) is 3.03. The summed E-state index contributed by atoms with van der Waals surface area (Å²) in [6, 6.07) is 9.12. The number of carbonyl (C=O) groups is 1.